The zero-order valence-corrected chi connectivity index (χ0v) is 10.2. The Balaban J connectivity index is -0.000000297. The lowest BCUT2D eigenvalue weighted by Crippen LogP contribution is -2.35. The van der Waals surface area contributed by atoms with Crippen LogP contribution in [0.3, 0.4) is 0 Å². The average molecular weight is 303 g/mol. The Morgan fingerprint density at radius 2 is 1.25 bits per heavy atom. The molecule has 0 bridgehead atoms. The van der Waals surface area contributed by atoms with Crippen molar-refractivity contribution in [1.82, 2.24) is 0 Å². The van der Waals surface area contributed by atoms with Gasteiger partial charge >= 0.3 is 0 Å². The van der Waals surface area contributed by atoms with E-state index in [1.54, 1.807) is 6.92 Å². The minimum absolute atomic E-state index is 0.274. The van der Waals surface area contributed by atoms with Gasteiger partial charge in [-0.05, 0) is 6.42 Å². The fourth-order valence-corrected chi connectivity index (χ4v) is 0.657. The molecule has 0 aliphatic rings. The van der Waals surface area contributed by atoms with Gasteiger partial charge in [0.2, 0.25) is 0 Å². The molecule has 0 saturated heterocycles. The summed E-state index contributed by atoms with van der Waals surface area (Å²) in [7, 11) is 0. The Bertz CT molecular complexity index is 264. The monoisotopic (exact) mass is 303 g/mol. The molecule has 0 aromatic heterocycles. The van der Waals surface area contributed by atoms with Crippen LogP contribution >= 0.6 is 0 Å². The zero-order valence-electron chi connectivity index (χ0n) is 10.2. The van der Waals surface area contributed by atoms with Crippen LogP contribution in [0.15, 0.2) is 0 Å². The van der Waals surface area contributed by atoms with Crippen LogP contribution in [-0.2, 0) is 4.84 Å². The number of aliphatic hydroxyl groups excluding tert-OH is 2. The second kappa shape index (κ2) is 13.0. The highest BCUT2D eigenvalue weighted by Crippen LogP contribution is 2.20. The molecule has 0 aromatic carbocycles. The fourth-order valence-electron chi connectivity index (χ4n) is 0.657. The van der Waals surface area contributed by atoms with Crippen LogP contribution in [0.2, 0.25) is 0 Å². The lowest BCUT2D eigenvalue weighted by atomic mass is 9.88. The quantitative estimate of drug-likeness (QED) is 0.451. The summed E-state index contributed by atoms with van der Waals surface area (Å²) in [5, 5.41) is 56.0. The summed E-state index contributed by atoms with van der Waals surface area (Å²) < 4.78 is 0. The van der Waals surface area contributed by atoms with Crippen LogP contribution in [0.4, 0.5) is 0 Å². The molecule has 0 radical (unpaired) electrons. The largest absolute Gasteiger partial charge is 0.396 e. The van der Waals surface area contributed by atoms with Gasteiger partial charge < -0.3 is 45.7 Å². The normalized spacial score (nSPS) is 9.15. The van der Waals surface area contributed by atoms with Gasteiger partial charge in [0.15, 0.2) is 0 Å². The van der Waals surface area contributed by atoms with Gasteiger partial charge in [0.25, 0.3) is 5.09 Å². The Morgan fingerprint density at radius 3 is 1.40 bits per heavy atom. The summed E-state index contributed by atoms with van der Waals surface area (Å²) in [5.74, 6) is 0. The number of aliphatic hydroxyl groups is 2. The molecular formula is C6H13N3O11-2. The van der Waals surface area contributed by atoms with Crippen molar-refractivity contribution in [3.63, 3.8) is 0 Å². The zero-order chi connectivity index (χ0) is 16.8. The van der Waals surface area contributed by atoms with Crippen LogP contribution in [0.1, 0.15) is 13.3 Å². The van der Waals surface area contributed by atoms with Crippen LogP contribution < -0.4 is 0 Å². The molecule has 0 atom stereocenters. The minimum atomic E-state index is -1.75. The van der Waals surface area contributed by atoms with Crippen molar-refractivity contribution in [2.24, 2.45) is 5.41 Å². The number of hydrogen-bond donors (Lipinski definition) is 2. The highest BCUT2D eigenvalue weighted by Gasteiger charge is 2.28. The van der Waals surface area contributed by atoms with Crippen molar-refractivity contribution >= 4 is 0 Å². The summed E-state index contributed by atoms with van der Waals surface area (Å²) in [4.78, 5) is 30.4. The standard InChI is InChI=1S/C6H13NO5.2NO3/c1-2-6(3-8,4-9)5-12-7(10)11;2*2-1(3)4/h8-9H,2-5H2,1H3;;/q;2*-1. The minimum Gasteiger partial charge on any atom is -0.396 e. The summed E-state index contributed by atoms with van der Waals surface area (Å²) in [6.45, 7) is 0.793. The van der Waals surface area contributed by atoms with Gasteiger partial charge in [-0.25, -0.2) is 0 Å². The van der Waals surface area contributed by atoms with Crippen molar-refractivity contribution in [3.05, 3.63) is 40.8 Å². The van der Waals surface area contributed by atoms with Crippen LogP contribution in [0, 0.1) is 46.2 Å². The van der Waals surface area contributed by atoms with Gasteiger partial charge in [0.05, 0.1) is 23.4 Å². The Hall–Kier alpha value is -2.48. The third-order valence-corrected chi connectivity index (χ3v) is 1.90. The number of nitrogens with zero attached hydrogens (tertiary/aromatic N) is 3. The lowest BCUT2D eigenvalue weighted by Gasteiger charge is -2.26. The van der Waals surface area contributed by atoms with Crippen molar-refractivity contribution in [2.45, 2.75) is 13.3 Å². The van der Waals surface area contributed by atoms with Crippen LogP contribution in [-0.4, -0.2) is 45.3 Å². The predicted octanol–water partition coefficient (Wildman–Crippen LogP) is -0.902. The number of rotatable bonds is 6. The first-order valence-electron chi connectivity index (χ1n) is 4.69. The molecule has 0 fully saturated rings. The molecule has 20 heavy (non-hydrogen) atoms. The molecule has 0 aliphatic carbocycles. The molecule has 0 aliphatic heterocycles. The van der Waals surface area contributed by atoms with E-state index in [2.05, 4.69) is 4.84 Å². The van der Waals surface area contributed by atoms with Gasteiger partial charge in [-0.1, -0.05) is 6.92 Å². The SMILES string of the molecule is CCC(CO)(CO)CO[N+](=O)[O-].O=[N+]([O-])[O-].O=[N+]([O-])[O-]. The molecule has 14 heteroatoms. The van der Waals surface area contributed by atoms with E-state index in [1.807, 2.05) is 0 Å². The van der Waals surface area contributed by atoms with Crippen LogP contribution in [0.5, 0.6) is 0 Å². The van der Waals surface area contributed by atoms with E-state index < -0.39 is 20.7 Å². The van der Waals surface area contributed by atoms with E-state index in [1.165, 1.54) is 0 Å². The van der Waals surface area contributed by atoms with Gasteiger partial charge in [-0.15, -0.1) is 10.1 Å². The Labute approximate surface area is 111 Å². The first kappa shape index (κ1) is 22.7. The third-order valence-electron chi connectivity index (χ3n) is 1.90. The van der Waals surface area contributed by atoms with E-state index >= 15 is 0 Å². The van der Waals surface area contributed by atoms with Crippen molar-refractivity contribution in [1.29, 1.82) is 0 Å². The van der Waals surface area contributed by atoms with Gasteiger partial charge in [-0.2, -0.15) is 0 Å². The molecule has 0 spiro atoms. The molecule has 0 rings (SSSR count). The molecule has 0 saturated carbocycles. The lowest BCUT2D eigenvalue weighted by molar-refractivity contribution is -0.761. The van der Waals surface area contributed by atoms with E-state index in [-0.39, 0.29) is 19.8 Å². The van der Waals surface area contributed by atoms with Gasteiger partial charge in [0.1, 0.15) is 6.61 Å². The second-order valence-electron chi connectivity index (χ2n) is 3.11. The topological polar surface area (TPSA) is 225 Å². The smallest absolute Gasteiger partial charge is 0.294 e. The summed E-state index contributed by atoms with van der Waals surface area (Å²) in [6.07, 6.45) is 0.424. The first-order chi connectivity index (χ1) is 9.06. The maximum absolute atomic E-state index is 9.81. The summed E-state index contributed by atoms with van der Waals surface area (Å²) in [6, 6.07) is 0. The van der Waals surface area contributed by atoms with Crippen molar-refractivity contribution in [3.8, 4) is 0 Å². The summed E-state index contributed by atoms with van der Waals surface area (Å²) in [5.41, 5.74) is -0.896. The Morgan fingerprint density at radius 1 is 0.950 bits per heavy atom. The second-order valence-corrected chi connectivity index (χ2v) is 3.11. The molecule has 0 aromatic rings. The molecule has 120 valence electrons. The molecule has 14 nitrogen and oxygen atoms in total. The van der Waals surface area contributed by atoms with E-state index in [4.69, 9.17) is 40.9 Å². The van der Waals surface area contributed by atoms with E-state index in [0.717, 1.165) is 0 Å². The van der Waals surface area contributed by atoms with E-state index in [0.29, 0.717) is 6.42 Å². The molecular weight excluding hydrogens is 290 g/mol. The van der Waals surface area contributed by atoms with Gasteiger partial charge in [0, 0.05) is 5.41 Å². The molecule has 0 amide bonds. The fraction of sp³-hybridized carbons (Fsp3) is 1.00. The van der Waals surface area contributed by atoms with Crippen molar-refractivity contribution < 1.29 is 30.3 Å². The summed E-state index contributed by atoms with van der Waals surface area (Å²) >= 11 is 0. The Kier molecular flexibility index (Phi) is 14.7. The van der Waals surface area contributed by atoms with Gasteiger partial charge in [-0.3, -0.25) is 0 Å². The molecule has 2 N–H and O–H groups in total. The number of hydrogen-bond acceptors (Lipinski definition) is 11. The molecule has 0 heterocycles. The average Bonchev–Trinajstić information content (AvgIpc) is 2.30. The van der Waals surface area contributed by atoms with E-state index in [9.17, 15) is 10.1 Å². The first-order valence-corrected chi connectivity index (χ1v) is 4.69. The third kappa shape index (κ3) is 20.9. The predicted molar refractivity (Wildman–Crippen MR) is 60.6 cm³/mol. The maximum atomic E-state index is 9.81. The van der Waals surface area contributed by atoms with Crippen molar-refractivity contribution in [2.75, 3.05) is 19.8 Å². The highest BCUT2D eigenvalue weighted by molar-refractivity contribution is 4.74. The maximum Gasteiger partial charge on any atom is 0.294 e. The van der Waals surface area contributed by atoms with Crippen LogP contribution in [0.25, 0.3) is 0 Å². The highest BCUT2D eigenvalue weighted by atomic mass is 17.0. The molecule has 0 unspecified atom stereocenters.